The maximum absolute atomic E-state index is 11.5. The highest BCUT2D eigenvalue weighted by atomic mass is 16.4. The zero-order valence-electron chi connectivity index (χ0n) is 11.7. The van der Waals surface area contributed by atoms with Crippen LogP contribution in [0, 0.1) is 5.92 Å². The number of carbonyl (C=O) groups is 2. The second-order valence-corrected chi connectivity index (χ2v) is 6.12. The SMILES string of the molecule is N[C@H]1C[N+]2(c3cc(C(=O)O)ccc3C(=O)O)CCC1CC2. The number of aromatic carboxylic acids is 2. The zero-order chi connectivity index (χ0) is 15.2. The molecule has 6 nitrogen and oxygen atoms in total. The summed E-state index contributed by atoms with van der Waals surface area (Å²) in [4.78, 5) is 22.7. The lowest BCUT2D eigenvalue weighted by Crippen LogP contribution is -2.67. The van der Waals surface area contributed by atoms with Crippen LogP contribution in [0.5, 0.6) is 0 Å². The minimum atomic E-state index is -1.04. The van der Waals surface area contributed by atoms with E-state index in [4.69, 9.17) is 5.73 Å². The van der Waals surface area contributed by atoms with Crippen LogP contribution in [0.2, 0.25) is 0 Å². The standard InChI is InChI=1S/C15H18N2O4/c16-12-8-17(5-3-9(12)4-6-17)13-7-10(14(18)19)1-2-11(13)15(20)21/h1-2,7,9,12H,3-6,8,16H2,(H-,18,19,20,21)/p+1/t9?,12-,17?/m0/s1. The number of hydrogen-bond acceptors (Lipinski definition) is 3. The summed E-state index contributed by atoms with van der Waals surface area (Å²) in [6, 6.07) is 4.33. The van der Waals surface area contributed by atoms with Crippen molar-refractivity contribution in [1.82, 2.24) is 4.48 Å². The Labute approximate surface area is 122 Å². The molecule has 3 aliphatic rings. The molecular formula is C15H19N2O4+. The molecule has 0 aliphatic carbocycles. The van der Waals surface area contributed by atoms with Crippen LogP contribution in [0.25, 0.3) is 0 Å². The summed E-state index contributed by atoms with van der Waals surface area (Å²) < 4.78 is 0.500. The van der Waals surface area contributed by atoms with Crippen LogP contribution in [0.4, 0.5) is 5.69 Å². The van der Waals surface area contributed by atoms with Crippen molar-refractivity contribution in [2.24, 2.45) is 11.7 Å². The molecule has 6 heteroatoms. The van der Waals surface area contributed by atoms with Gasteiger partial charge in [-0.25, -0.2) is 9.59 Å². The van der Waals surface area contributed by atoms with E-state index >= 15 is 0 Å². The largest absolute Gasteiger partial charge is 0.478 e. The minimum absolute atomic E-state index is 0.0580. The molecular weight excluding hydrogens is 272 g/mol. The van der Waals surface area contributed by atoms with E-state index < -0.39 is 11.9 Å². The van der Waals surface area contributed by atoms with Crippen molar-refractivity contribution in [2.75, 3.05) is 19.6 Å². The number of benzene rings is 1. The lowest BCUT2D eigenvalue weighted by Gasteiger charge is -2.51. The summed E-state index contributed by atoms with van der Waals surface area (Å²) in [6.07, 6.45) is 1.94. The molecule has 112 valence electrons. The third kappa shape index (κ3) is 2.20. The molecule has 21 heavy (non-hydrogen) atoms. The van der Waals surface area contributed by atoms with E-state index in [1.54, 1.807) is 0 Å². The second-order valence-electron chi connectivity index (χ2n) is 6.12. The second kappa shape index (κ2) is 4.82. The van der Waals surface area contributed by atoms with Gasteiger partial charge in [0.25, 0.3) is 0 Å². The molecule has 0 unspecified atom stereocenters. The first-order chi connectivity index (χ1) is 9.93. The lowest BCUT2D eigenvalue weighted by atomic mass is 9.81. The predicted molar refractivity (Wildman–Crippen MR) is 77.5 cm³/mol. The first-order valence-electron chi connectivity index (χ1n) is 7.16. The maximum Gasteiger partial charge on any atom is 0.341 e. The van der Waals surface area contributed by atoms with Gasteiger partial charge in [-0.1, -0.05) is 0 Å². The van der Waals surface area contributed by atoms with Gasteiger partial charge in [0.05, 0.1) is 31.2 Å². The molecule has 0 radical (unpaired) electrons. The molecule has 3 fully saturated rings. The molecule has 3 aliphatic heterocycles. The fourth-order valence-corrected chi connectivity index (χ4v) is 3.82. The molecule has 1 aromatic rings. The summed E-state index contributed by atoms with van der Waals surface area (Å²) >= 11 is 0. The van der Waals surface area contributed by atoms with E-state index in [1.807, 2.05) is 0 Å². The Balaban J connectivity index is 2.12. The van der Waals surface area contributed by atoms with Gasteiger partial charge in [0.15, 0.2) is 0 Å². The lowest BCUT2D eigenvalue weighted by molar-refractivity contribution is 0.0662. The number of nitrogens with two attached hydrogens (primary N) is 1. The molecule has 0 amide bonds. The van der Waals surface area contributed by atoms with Crippen molar-refractivity contribution >= 4 is 17.6 Å². The minimum Gasteiger partial charge on any atom is -0.478 e. The van der Waals surface area contributed by atoms with Crippen LogP contribution in [0.3, 0.4) is 0 Å². The first-order valence-corrected chi connectivity index (χ1v) is 7.16. The Hall–Kier alpha value is -1.92. The number of fused-ring (bicyclic) bond motifs is 3. The van der Waals surface area contributed by atoms with E-state index in [9.17, 15) is 19.8 Å². The normalized spacial score (nSPS) is 31.1. The fourth-order valence-electron chi connectivity index (χ4n) is 3.82. The average Bonchev–Trinajstić information content (AvgIpc) is 2.47. The maximum atomic E-state index is 11.5. The monoisotopic (exact) mass is 291 g/mol. The molecule has 0 saturated carbocycles. The fraction of sp³-hybridized carbons (Fsp3) is 0.467. The van der Waals surface area contributed by atoms with Crippen molar-refractivity contribution in [3.05, 3.63) is 29.3 Å². The van der Waals surface area contributed by atoms with Crippen LogP contribution >= 0.6 is 0 Å². The van der Waals surface area contributed by atoms with Gasteiger partial charge < -0.3 is 15.9 Å². The molecule has 3 saturated heterocycles. The Bertz CT molecular complexity index is 606. The van der Waals surface area contributed by atoms with Crippen molar-refractivity contribution in [2.45, 2.75) is 18.9 Å². The van der Waals surface area contributed by atoms with E-state index in [2.05, 4.69) is 0 Å². The van der Waals surface area contributed by atoms with Gasteiger partial charge in [-0.05, 0) is 18.1 Å². The Morgan fingerprint density at radius 1 is 1.14 bits per heavy atom. The molecule has 3 heterocycles. The Morgan fingerprint density at radius 2 is 1.81 bits per heavy atom. The Morgan fingerprint density at radius 3 is 2.33 bits per heavy atom. The van der Waals surface area contributed by atoms with Crippen molar-refractivity contribution in [3.63, 3.8) is 0 Å². The van der Waals surface area contributed by atoms with Crippen molar-refractivity contribution in [3.8, 4) is 0 Å². The van der Waals surface area contributed by atoms with Gasteiger partial charge in [-0.2, -0.15) is 0 Å². The van der Waals surface area contributed by atoms with Crippen LogP contribution < -0.4 is 10.2 Å². The van der Waals surface area contributed by atoms with Crippen LogP contribution in [-0.2, 0) is 0 Å². The highest BCUT2D eigenvalue weighted by Gasteiger charge is 2.47. The number of hydrogen-bond donors (Lipinski definition) is 3. The number of piperidine rings is 3. The summed E-state index contributed by atoms with van der Waals surface area (Å²) in [6.45, 7) is 2.36. The topological polar surface area (TPSA) is 101 Å². The molecule has 0 aromatic heterocycles. The molecule has 2 bridgehead atoms. The van der Waals surface area contributed by atoms with Gasteiger partial charge >= 0.3 is 11.9 Å². The van der Waals surface area contributed by atoms with E-state index in [0.717, 1.165) is 25.9 Å². The van der Waals surface area contributed by atoms with Crippen molar-refractivity contribution < 1.29 is 19.8 Å². The summed E-state index contributed by atoms with van der Waals surface area (Å²) in [5, 5.41) is 18.6. The quantitative estimate of drug-likeness (QED) is 0.725. The molecule has 4 N–H and O–H groups in total. The van der Waals surface area contributed by atoms with Crippen LogP contribution in [0.1, 0.15) is 33.6 Å². The van der Waals surface area contributed by atoms with Crippen LogP contribution in [-0.4, -0.2) is 47.8 Å². The molecule has 1 aromatic carbocycles. The predicted octanol–water partition coefficient (Wildman–Crippen LogP) is 1.14. The number of rotatable bonds is 3. The average molecular weight is 291 g/mol. The molecule has 1 atom stereocenters. The Kier molecular flexibility index (Phi) is 3.22. The molecule has 4 rings (SSSR count). The van der Waals surface area contributed by atoms with Crippen molar-refractivity contribution in [1.29, 1.82) is 0 Å². The van der Waals surface area contributed by atoms with E-state index in [-0.39, 0.29) is 17.2 Å². The zero-order valence-corrected chi connectivity index (χ0v) is 11.7. The molecule has 0 spiro atoms. The highest BCUT2D eigenvalue weighted by molar-refractivity contribution is 5.97. The number of carboxylic acid groups (broad SMARTS) is 2. The van der Waals surface area contributed by atoms with Gasteiger partial charge in [0.1, 0.15) is 11.3 Å². The smallest absolute Gasteiger partial charge is 0.341 e. The van der Waals surface area contributed by atoms with Gasteiger partial charge in [0, 0.05) is 18.9 Å². The van der Waals surface area contributed by atoms with Gasteiger partial charge in [0.2, 0.25) is 0 Å². The van der Waals surface area contributed by atoms with Gasteiger partial charge in [-0.15, -0.1) is 0 Å². The summed E-state index contributed by atoms with van der Waals surface area (Å²) in [5.74, 6) is -1.54. The summed E-state index contributed by atoms with van der Waals surface area (Å²) in [7, 11) is 0. The third-order valence-electron chi connectivity index (χ3n) is 5.01. The highest BCUT2D eigenvalue weighted by Crippen LogP contribution is 2.40. The first kappa shape index (κ1) is 14.0. The summed E-state index contributed by atoms with van der Waals surface area (Å²) in [5.41, 5.74) is 7.10. The van der Waals surface area contributed by atoms with Gasteiger partial charge in [-0.3, -0.25) is 4.48 Å². The number of carboxylic acids is 2. The van der Waals surface area contributed by atoms with Crippen LogP contribution in [0.15, 0.2) is 18.2 Å². The van der Waals surface area contributed by atoms with E-state index in [0.29, 0.717) is 22.6 Å². The number of quaternary nitrogens is 1. The number of nitrogens with zero attached hydrogens (tertiary/aromatic N) is 1. The third-order valence-corrected chi connectivity index (χ3v) is 5.01. The van der Waals surface area contributed by atoms with E-state index in [1.165, 1.54) is 18.2 Å².